The molecule has 3 amide bonds. The van der Waals surface area contributed by atoms with Crippen LogP contribution in [0.15, 0.2) is 48.5 Å². The summed E-state index contributed by atoms with van der Waals surface area (Å²) in [6.07, 6.45) is 2.42. The summed E-state index contributed by atoms with van der Waals surface area (Å²) in [5, 5.41) is 23.6. The highest BCUT2D eigenvalue weighted by molar-refractivity contribution is 6.10. The summed E-state index contributed by atoms with van der Waals surface area (Å²) in [4.78, 5) is 74.2. The van der Waals surface area contributed by atoms with Crippen LogP contribution in [0.3, 0.4) is 0 Å². The van der Waals surface area contributed by atoms with Crippen LogP contribution in [0.4, 0.5) is 11.4 Å². The van der Waals surface area contributed by atoms with Crippen LogP contribution in [0, 0.1) is 43.9 Å². The quantitative estimate of drug-likeness (QED) is 0.247. The van der Waals surface area contributed by atoms with Crippen molar-refractivity contribution < 1.29 is 29.0 Å². The second-order valence-corrected chi connectivity index (χ2v) is 9.27. The summed E-state index contributed by atoms with van der Waals surface area (Å²) in [6.45, 7) is -0.719. The van der Waals surface area contributed by atoms with Crippen LogP contribution >= 0.6 is 0 Å². The number of imide groups is 1. The van der Waals surface area contributed by atoms with Crippen LogP contribution in [0.25, 0.3) is 0 Å². The Labute approximate surface area is 203 Å². The molecule has 36 heavy (non-hydrogen) atoms. The molecule has 0 N–H and O–H groups in total. The van der Waals surface area contributed by atoms with Crippen molar-refractivity contribution in [3.05, 3.63) is 79.9 Å². The molecule has 0 radical (unpaired) electrons. The molecule has 184 valence electrons. The molecule has 2 aromatic rings. The van der Waals surface area contributed by atoms with Crippen LogP contribution in [0.5, 0.6) is 0 Å². The van der Waals surface area contributed by atoms with E-state index in [2.05, 4.69) is 0 Å². The largest absolute Gasteiger partial charge is 0.292 e. The van der Waals surface area contributed by atoms with Gasteiger partial charge in [0.05, 0.1) is 21.7 Å². The van der Waals surface area contributed by atoms with Crippen molar-refractivity contribution in [2.24, 2.45) is 23.7 Å². The average molecular weight is 492 g/mol. The highest BCUT2D eigenvalue weighted by Gasteiger charge is 2.62. The molecule has 2 aromatic carbocycles. The number of nitrogens with zero attached hydrogens (tertiary/aromatic N) is 4. The predicted molar refractivity (Wildman–Crippen MR) is 121 cm³/mol. The lowest BCUT2D eigenvalue weighted by Crippen LogP contribution is -2.52. The van der Waals surface area contributed by atoms with Gasteiger partial charge in [0.25, 0.3) is 29.1 Å². The third-order valence-corrected chi connectivity index (χ3v) is 7.38. The van der Waals surface area contributed by atoms with E-state index in [1.165, 1.54) is 30.3 Å². The van der Waals surface area contributed by atoms with Gasteiger partial charge in [-0.05, 0) is 43.2 Å². The number of carbonyl (C=O) groups is 4. The van der Waals surface area contributed by atoms with E-state index in [4.69, 9.17) is 0 Å². The molecular weight excluding hydrogens is 472 g/mol. The molecule has 0 spiro atoms. The fourth-order valence-electron chi connectivity index (χ4n) is 5.76. The first-order chi connectivity index (χ1) is 17.2. The summed E-state index contributed by atoms with van der Waals surface area (Å²) in [6, 6.07) is 9.50. The summed E-state index contributed by atoms with van der Waals surface area (Å²) in [7, 11) is 0. The number of ketones is 1. The Morgan fingerprint density at radius 1 is 0.861 bits per heavy atom. The molecule has 2 bridgehead atoms. The van der Waals surface area contributed by atoms with Crippen molar-refractivity contribution in [2.75, 3.05) is 6.54 Å². The second-order valence-electron chi connectivity index (χ2n) is 9.27. The molecule has 3 aliphatic rings. The van der Waals surface area contributed by atoms with Crippen LogP contribution in [-0.2, 0) is 9.59 Å². The number of nitro benzene ring substituents is 2. The van der Waals surface area contributed by atoms with Crippen molar-refractivity contribution in [3.8, 4) is 0 Å². The Hall–Kier alpha value is -4.48. The van der Waals surface area contributed by atoms with Crippen molar-refractivity contribution in [1.82, 2.24) is 10.0 Å². The zero-order valence-corrected chi connectivity index (χ0v) is 18.8. The molecule has 0 aromatic heterocycles. The van der Waals surface area contributed by atoms with Crippen LogP contribution in [-0.4, -0.2) is 49.9 Å². The van der Waals surface area contributed by atoms with Gasteiger partial charge in [0.2, 0.25) is 0 Å². The topological polar surface area (TPSA) is 161 Å². The second kappa shape index (κ2) is 8.63. The molecular formula is C24H20N4O8. The summed E-state index contributed by atoms with van der Waals surface area (Å²) >= 11 is 0. The third-order valence-electron chi connectivity index (χ3n) is 7.38. The molecule has 5 rings (SSSR count). The summed E-state index contributed by atoms with van der Waals surface area (Å²) in [5.41, 5.74) is -0.711. The molecule has 1 saturated heterocycles. The number of hydrogen-bond donors (Lipinski definition) is 0. The summed E-state index contributed by atoms with van der Waals surface area (Å²) < 4.78 is 0. The first-order valence-electron chi connectivity index (χ1n) is 11.4. The van der Waals surface area contributed by atoms with Gasteiger partial charge in [-0.1, -0.05) is 12.1 Å². The minimum absolute atomic E-state index is 0.0465. The smallest absolute Gasteiger partial charge is 0.273 e. The number of Topliss-reactive ketones (excluding diaryl/α,β-unsaturated/α-hetero) is 1. The van der Waals surface area contributed by atoms with E-state index in [-0.39, 0.29) is 34.3 Å². The standard InChI is InChI=1S/C24H20N4O8/c29-19(14-2-1-3-18(11-14)28(35)36)12-25(22(30)13-6-8-17(9-7-13)27(33)34)26-23(31)20-15-4-5-16(10-15)21(20)24(26)32/h1-3,6-9,11,15-16,20-21H,4-5,10,12H2/t15-,16-,20+,21+/m0/s1. The molecule has 3 fully saturated rings. The lowest BCUT2D eigenvalue weighted by atomic mass is 9.81. The first-order valence-corrected chi connectivity index (χ1v) is 11.4. The average Bonchev–Trinajstić information content (AvgIpc) is 3.56. The summed E-state index contributed by atoms with van der Waals surface area (Å²) in [5.74, 6) is -3.66. The van der Waals surface area contributed by atoms with Crippen LogP contribution < -0.4 is 0 Å². The molecule has 2 saturated carbocycles. The van der Waals surface area contributed by atoms with E-state index < -0.39 is 51.7 Å². The highest BCUT2D eigenvalue weighted by Crippen LogP contribution is 2.56. The fraction of sp³-hybridized carbons (Fsp3) is 0.333. The van der Waals surface area contributed by atoms with E-state index >= 15 is 0 Å². The van der Waals surface area contributed by atoms with Gasteiger partial charge in [0.1, 0.15) is 6.54 Å². The van der Waals surface area contributed by atoms with Gasteiger partial charge in [-0.15, -0.1) is 0 Å². The minimum Gasteiger partial charge on any atom is -0.292 e. The predicted octanol–water partition coefficient (Wildman–Crippen LogP) is 2.77. The zero-order chi connectivity index (χ0) is 25.7. The molecule has 4 atom stereocenters. The number of non-ortho nitro benzene ring substituents is 2. The lowest BCUT2D eigenvalue weighted by Gasteiger charge is -2.30. The van der Waals surface area contributed by atoms with Gasteiger partial charge in [-0.25, -0.2) is 5.01 Å². The third kappa shape index (κ3) is 3.70. The number of fused-ring (bicyclic) bond motifs is 5. The van der Waals surface area contributed by atoms with E-state index in [0.29, 0.717) is 0 Å². The molecule has 12 nitrogen and oxygen atoms in total. The number of hydrazine groups is 1. The maximum Gasteiger partial charge on any atom is 0.273 e. The van der Waals surface area contributed by atoms with Gasteiger partial charge in [-0.3, -0.25) is 39.4 Å². The SMILES string of the molecule is O=C(CN(C(=O)c1ccc([N+](=O)[O-])cc1)N1C(=O)[C@@H]2[C@H]3CC[C@@H](C3)[C@H]2C1=O)c1cccc([N+](=O)[O-])c1. The number of carbonyl (C=O) groups excluding carboxylic acids is 4. The maximum absolute atomic E-state index is 13.5. The van der Waals surface area contributed by atoms with Gasteiger partial charge in [0.15, 0.2) is 5.78 Å². The molecule has 1 aliphatic heterocycles. The van der Waals surface area contributed by atoms with Crippen LogP contribution in [0.2, 0.25) is 0 Å². The van der Waals surface area contributed by atoms with Gasteiger partial charge in [0, 0.05) is 35.4 Å². The van der Waals surface area contributed by atoms with Gasteiger partial charge < -0.3 is 0 Å². The Morgan fingerprint density at radius 2 is 1.44 bits per heavy atom. The molecule has 1 heterocycles. The van der Waals surface area contributed by atoms with Gasteiger partial charge >= 0.3 is 0 Å². The number of nitro groups is 2. The van der Waals surface area contributed by atoms with E-state index in [1.807, 2.05) is 0 Å². The normalized spacial score (nSPS) is 24.1. The fourth-order valence-corrected chi connectivity index (χ4v) is 5.76. The number of amides is 3. The lowest BCUT2D eigenvalue weighted by molar-refractivity contribution is -0.385. The Morgan fingerprint density at radius 3 is 2.00 bits per heavy atom. The van der Waals surface area contributed by atoms with Crippen molar-refractivity contribution in [1.29, 1.82) is 0 Å². The highest BCUT2D eigenvalue weighted by atomic mass is 16.6. The van der Waals surface area contributed by atoms with Gasteiger partial charge in [-0.2, -0.15) is 5.01 Å². The Balaban J connectivity index is 1.50. The number of rotatable bonds is 7. The zero-order valence-electron chi connectivity index (χ0n) is 18.8. The Bertz CT molecular complexity index is 1300. The first kappa shape index (κ1) is 23.3. The maximum atomic E-state index is 13.5. The van der Waals surface area contributed by atoms with Crippen LogP contribution in [0.1, 0.15) is 40.0 Å². The number of benzene rings is 2. The number of hydrogen-bond acceptors (Lipinski definition) is 8. The van der Waals surface area contributed by atoms with E-state index in [9.17, 15) is 39.4 Å². The Kier molecular flexibility index (Phi) is 5.58. The monoisotopic (exact) mass is 492 g/mol. The van der Waals surface area contributed by atoms with Crippen molar-refractivity contribution in [2.45, 2.75) is 19.3 Å². The molecule has 12 heteroatoms. The van der Waals surface area contributed by atoms with E-state index in [0.717, 1.165) is 47.5 Å². The van der Waals surface area contributed by atoms with Crippen molar-refractivity contribution >= 4 is 34.9 Å². The molecule has 2 aliphatic carbocycles. The van der Waals surface area contributed by atoms with E-state index in [1.54, 1.807) is 0 Å². The minimum atomic E-state index is -0.863. The molecule has 0 unspecified atom stereocenters. The van der Waals surface area contributed by atoms with Crippen molar-refractivity contribution in [3.63, 3.8) is 0 Å².